The van der Waals surface area contributed by atoms with Crippen LogP contribution in [0.15, 0.2) is 59.0 Å². The third-order valence-electron chi connectivity index (χ3n) is 4.65. The molecule has 0 saturated carbocycles. The molecule has 1 fully saturated rings. The lowest BCUT2D eigenvalue weighted by Gasteiger charge is -2.30. The molecule has 1 unspecified atom stereocenters. The Labute approximate surface area is 146 Å². The van der Waals surface area contributed by atoms with Gasteiger partial charge in [0.1, 0.15) is 5.52 Å². The standard InChI is InChI=1S/C20H21N3O2/c24-19(21-13-15-7-2-1-3-8-15)16-9-6-12-23(14-16)20-22-17-10-4-5-11-18(17)25-20/h1-5,7-8,10-11,16H,6,9,12-14H2,(H,21,24). The van der Waals surface area contributed by atoms with Crippen LogP contribution < -0.4 is 10.2 Å². The molecule has 1 aliphatic heterocycles. The number of carbonyl (C=O) groups excluding carboxylic acids is 1. The van der Waals surface area contributed by atoms with E-state index in [9.17, 15) is 4.79 Å². The molecule has 4 rings (SSSR count). The average Bonchev–Trinajstić information content (AvgIpc) is 3.11. The van der Waals surface area contributed by atoms with Gasteiger partial charge in [0.15, 0.2) is 5.58 Å². The van der Waals surface area contributed by atoms with E-state index in [-0.39, 0.29) is 11.8 Å². The van der Waals surface area contributed by atoms with E-state index in [1.807, 2.05) is 54.6 Å². The zero-order chi connectivity index (χ0) is 17.1. The van der Waals surface area contributed by atoms with E-state index < -0.39 is 0 Å². The molecule has 5 heteroatoms. The van der Waals surface area contributed by atoms with Crippen molar-refractivity contribution in [3.63, 3.8) is 0 Å². The van der Waals surface area contributed by atoms with Crippen molar-refractivity contribution in [3.05, 3.63) is 60.2 Å². The molecule has 0 aliphatic carbocycles. The number of hydrogen-bond acceptors (Lipinski definition) is 4. The van der Waals surface area contributed by atoms with Crippen LogP contribution in [0.2, 0.25) is 0 Å². The Balaban J connectivity index is 1.41. The lowest BCUT2D eigenvalue weighted by molar-refractivity contribution is -0.125. The summed E-state index contributed by atoms with van der Waals surface area (Å²) in [6.07, 6.45) is 1.86. The zero-order valence-electron chi connectivity index (χ0n) is 14.0. The number of benzene rings is 2. The van der Waals surface area contributed by atoms with Crippen molar-refractivity contribution < 1.29 is 9.21 Å². The molecule has 5 nitrogen and oxygen atoms in total. The zero-order valence-corrected chi connectivity index (χ0v) is 14.0. The van der Waals surface area contributed by atoms with Crippen LogP contribution in [-0.2, 0) is 11.3 Å². The summed E-state index contributed by atoms with van der Waals surface area (Å²) in [4.78, 5) is 19.2. The van der Waals surface area contributed by atoms with Crippen molar-refractivity contribution in [1.82, 2.24) is 10.3 Å². The number of oxazole rings is 1. The van der Waals surface area contributed by atoms with Crippen molar-refractivity contribution in [1.29, 1.82) is 0 Å². The summed E-state index contributed by atoms with van der Waals surface area (Å²) < 4.78 is 5.85. The highest BCUT2D eigenvalue weighted by Gasteiger charge is 2.28. The van der Waals surface area contributed by atoms with Gasteiger partial charge in [0.2, 0.25) is 5.91 Å². The van der Waals surface area contributed by atoms with Gasteiger partial charge in [-0.05, 0) is 30.5 Å². The SMILES string of the molecule is O=C(NCc1ccccc1)C1CCCN(c2nc3ccccc3o2)C1. The first-order valence-corrected chi connectivity index (χ1v) is 8.72. The van der Waals surface area contributed by atoms with Crippen molar-refractivity contribution in [3.8, 4) is 0 Å². The summed E-state index contributed by atoms with van der Waals surface area (Å²) in [5.74, 6) is 0.0668. The van der Waals surface area contributed by atoms with Gasteiger partial charge in [0.05, 0.1) is 5.92 Å². The summed E-state index contributed by atoms with van der Waals surface area (Å²) in [6, 6.07) is 18.3. The summed E-state index contributed by atoms with van der Waals surface area (Å²) >= 11 is 0. The van der Waals surface area contributed by atoms with Crippen LogP contribution in [-0.4, -0.2) is 24.0 Å². The first kappa shape index (κ1) is 15.7. The Morgan fingerprint density at radius 2 is 1.96 bits per heavy atom. The molecule has 1 amide bonds. The Kier molecular flexibility index (Phi) is 4.37. The van der Waals surface area contributed by atoms with Crippen molar-refractivity contribution in [2.24, 2.45) is 5.92 Å². The Morgan fingerprint density at radius 1 is 1.16 bits per heavy atom. The van der Waals surface area contributed by atoms with E-state index in [1.165, 1.54) is 0 Å². The van der Waals surface area contributed by atoms with Gasteiger partial charge < -0.3 is 14.6 Å². The Bertz CT molecular complexity index is 827. The van der Waals surface area contributed by atoms with Crippen LogP contribution in [0.4, 0.5) is 6.01 Å². The predicted octanol–water partition coefficient (Wildman–Crippen LogP) is 3.36. The van der Waals surface area contributed by atoms with E-state index in [4.69, 9.17) is 4.42 Å². The van der Waals surface area contributed by atoms with Gasteiger partial charge in [-0.3, -0.25) is 4.79 Å². The Morgan fingerprint density at radius 3 is 2.80 bits per heavy atom. The molecular weight excluding hydrogens is 314 g/mol. The highest BCUT2D eigenvalue weighted by atomic mass is 16.4. The lowest BCUT2D eigenvalue weighted by atomic mass is 9.97. The fourth-order valence-corrected chi connectivity index (χ4v) is 3.29. The molecule has 3 aromatic rings. The number of nitrogens with zero attached hydrogens (tertiary/aromatic N) is 2. The predicted molar refractivity (Wildman–Crippen MR) is 97.2 cm³/mol. The number of para-hydroxylation sites is 2. The second-order valence-electron chi connectivity index (χ2n) is 6.45. The van der Waals surface area contributed by atoms with Gasteiger partial charge in [0, 0.05) is 19.6 Å². The second-order valence-corrected chi connectivity index (χ2v) is 6.45. The number of rotatable bonds is 4. The smallest absolute Gasteiger partial charge is 0.298 e. The molecule has 1 aliphatic rings. The van der Waals surface area contributed by atoms with Gasteiger partial charge in [-0.2, -0.15) is 4.98 Å². The van der Waals surface area contributed by atoms with Crippen LogP contribution in [0.25, 0.3) is 11.1 Å². The number of hydrogen-bond donors (Lipinski definition) is 1. The van der Waals surface area contributed by atoms with Gasteiger partial charge in [-0.25, -0.2) is 0 Å². The molecule has 1 saturated heterocycles. The number of aromatic nitrogens is 1. The number of piperidine rings is 1. The van der Waals surface area contributed by atoms with Crippen molar-refractivity contribution in [2.45, 2.75) is 19.4 Å². The minimum atomic E-state index is -0.0347. The highest BCUT2D eigenvalue weighted by Crippen LogP contribution is 2.26. The van der Waals surface area contributed by atoms with E-state index in [1.54, 1.807) is 0 Å². The van der Waals surface area contributed by atoms with Gasteiger partial charge in [0.25, 0.3) is 6.01 Å². The maximum absolute atomic E-state index is 12.5. The highest BCUT2D eigenvalue weighted by molar-refractivity contribution is 5.79. The molecular formula is C20H21N3O2. The topological polar surface area (TPSA) is 58.4 Å². The minimum Gasteiger partial charge on any atom is -0.423 e. The molecule has 1 aromatic heterocycles. The minimum absolute atomic E-state index is 0.0347. The van der Waals surface area contributed by atoms with Gasteiger partial charge >= 0.3 is 0 Å². The van der Waals surface area contributed by atoms with Crippen molar-refractivity contribution >= 4 is 23.0 Å². The summed E-state index contributed by atoms with van der Waals surface area (Å²) in [5, 5.41) is 3.05. The van der Waals surface area contributed by atoms with E-state index in [0.29, 0.717) is 19.1 Å². The lowest BCUT2D eigenvalue weighted by Crippen LogP contribution is -2.43. The normalized spacial score (nSPS) is 17.6. The first-order valence-electron chi connectivity index (χ1n) is 8.72. The van der Waals surface area contributed by atoms with E-state index in [2.05, 4.69) is 15.2 Å². The maximum atomic E-state index is 12.5. The molecule has 1 N–H and O–H groups in total. The number of fused-ring (bicyclic) bond motifs is 1. The molecule has 2 aromatic carbocycles. The quantitative estimate of drug-likeness (QED) is 0.794. The fourth-order valence-electron chi connectivity index (χ4n) is 3.29. The Hall–Kier alpha value is -2.82. The van der Waals surface area contributed by atoms with Crippen LogP contribution in [0.5, 0.6) is 0 Å². The van der Waals surface area contributed by atoms with Crippen LogP contribution in [0, 0.1) is 5.92 Å². The molecule has 25 heavy (non-hydrogen) atoms. The third-order valence-corrected chi connectivity index (χ3v) is 4.65. The molecule has 2 heterocycles. The number of carbonyl (C=O) groups is 1. The maximum Gasteiger partial charge on any atom is 0.298 e. The van der Waals surface area contributed by atoms with Gasteiger partial charge in [-0.1, -0.05) is 42.5 Å². The first-order chi connectivity index (χ1) is 12.3. The molecule has 0 radical (unpaired) electrons. The monoisotopic (exact) mass is 335 g/mol. The number of anilines is 1. The largest absolute Gasteiger partial charge is 0.423 e. The van der Waals surface area contributed by atoms with E-state index >= 15 is 0 Å². The third kappa shape index (κ3) is 3.50. The average molecular weight is 335 g/mol. The summed E-state index contributed by atoms with van der Waals surface area (Å²) in [6.45, 7) is 2.09. The van der Waals surface area contributed by atoms with Gasteiger partial charge in [-0.15, -0.1) is 0 Å². The van der Waals surface area contributed by atoms with Crippen LogP contribution >= 0.6 is 0 Å². The summed E-state index contributed by atoms with van der Waals surface area (Å²) in [7, 11) is 0. The molecule has 0 bridgehead atoms. The summed E-state index contributed by atoms with van der Waals surface area (Å²) in [5.41, 5.74) is 2.75. The fraction of sp³-hybridized carbons (Fsp3) is 0.300. The number of amides is 1. The van der Waals surface area contributed by atoms with E-state index in [0.717, 1.165) is 36.0 Å². The van der Waals surface area contributed by atoms with Crippen LogP contribution in [0.1, 0.15) is 18.4 Å². The van der Waals surface area contributed by atoms with Crippen LogP contribution in [0.3, 0.4) is 0 Å². The van der Waals surface area contributed by atoms with Crippen molar-refractivity contribution in [2.75, 3.05) is 18.0 Å². The second kappa shape index (κ2) is 6.97. The molecule has 1 atom stereocenters. The molecule has 128 valence electrons. The molecule has 0 spiro atoms. The number of nitrogens with one attached hydrogen (secondary N) is 1.